The Morgan fingerprint density at radius 1 is 1.32 bits per heavy atom. The van der Waals surface area contributed by atoms with Crippen molar-refractivity contribution in [3.8, 4) is 0 Å². The van der Waals surface area contributed by atoms with Gasteiger partial charge in [-0.05, 0) is 25.0 Å². The van der Waals surface area contributed by atoms with Crippen molar-refractivity contribution in [2.75, 3.05) is 26.8 Å². The minimum absolute atomic E-state index is 0.00122. The van der Waals surface area contributed by atoms with Gasteiger partial charge in [0.25, 0.3) is 0 Å². The number of ether oxygens (including phenoxy) is 2. The highest BCUT2D eigenvalue weighted by atomic mass is 35.5. The first kappa shape index (κ1) is 21.5. The minimum atomic E-state index is -3.95. The van der Waals surface area contributed by atoms with Crippen molar-refractivity contribution in [3.05, 3.63) is 29.3 Å². The Balaban J connectivity index is 1.88. The van der Waals surface area contributed by atoms with Crippen molar-refractivity contribution >= 4 is 27.5 Å². The summed E-state index contributed by atoms with van der Waals surface area (Å²) >= 11 is 6.14. The highest BCUT2D eigenvalue weighted by Gasteiger charge is 2.43. The topological polar surface area (TPSA) is 105 Å². The number of carbonyl (C=O) groups is 1. The molecule has 0 aliphatic carbocycles. The molecular weight excluding hydrogens is 408 g/mol. The molecule has 10 heteroatoms. The minimum Gasteiger partial charge on any atom is -0.389 e. The molecule has 0 saturated carbocycles. The molecule has 3 rings (SSSR count). The van der Waals surface area contributed by atoms with Crippen molar-refractivity contribution in [1.82, 2.24) is 9.62 Å². The molecule has 0 unspecified atom stereocenters. The molecule has 2 fully saturated rings. The summed E-state index contributed by atoms with van der Waals surface area (Å²) in [5.41, 5.74) is 0. The van der Waals surface area contributed by atoms with Gasteiger partial charge in [-0.1, -0.05) is 23.7 Å². The molecule has 1 aromatic carbocycles. The molecule has 0 spiro atoms. The zero-order valence-electron chi connectivity index (χ0n) is 15.6. The molecule has 4 atom stereocenters. The summed E-state index contributed by atoms with van der Waals surface area (Å²) in [5, 5.41) is 12.9. The second-order valence-corrected chi connectivity index (χ2v) is 9.28. The van der Waals surface area contributed by atoms with E-state index in [1.54, 1.807) is 19.2 Å². The number of aliphatic hydroxyl groups is 1. The smallest absolute Gasteiger partial charge is 0.244 e. The van der Waals surface area contributed by atoms with Crippen LogP contribution in [0, 0.1) is 0 Å². The van der Waals surface area contributed by atoms with Gasteiger partial charge in [-0.2, -0.15) is 4.31 Å². The van der Waals surface area contributed by atoms with Crippen molar-refractivity contribution in [3.63, 3.8) is 0 Å². The number of β-amino-alcohol motifs (C(OH)–C–C–N with tert-alkyl or cyclic N) is 1. The zero-order chi connectivity index (χ0) is 20.3. The average Bonchev–Trinajstić information content (AvgIpc) is 2.65. The Morgan fingerprint density at radius 3 is 2.79 bits per heavy atom. The maximum atomic E-state index is 13.3. The van der Waals surface area contributed by atoms with Crippen LogP contribution in [0.2, 0.25) is 5.02 Å². The maximum absolute atomic E-state index is 13.3. The van der Waals surface area contributed by atoms with Crippen molar-refractivity contribution in [1.29, 1.82) is 0 Å². The van der Waals surface area contributed by atoms with Gasteiger partial charge in [0.2, 0.25) is 15.9 Å². The molecule has 2 aliphatic heterocycles. The number of halogens is 1. The van der Waals surface area contributed by atoms with Gasteiger partial charge in [0.15, 0.2) is 0 Å². The molecule has 0 bridgehead atoms. The largest absolute Gasteiger partial charge is 0.389 e. The zero-order valence-corrected chi connectivity index (χ0v) is 17.2. The molecule has 8 nitrogen and oxygen atoms in total. The van der Waals surface area contributed by atoms with E-state index < -0.39 is 28.3 Å². The van der Waals surface area contributed by atoms with Gasteiger partial charge in [-0.3, -0.25) is 4.79 Å². The van der Waals surface area contributed by atoms with Gasteiger partial charge < -0.3 is 19.9 Å². The molecule has 1 amide bonds. The van der Waals surface area contributed by atoms with Crippen LogP contribution in [0.15, 0.2) is 29.2 Å². The Kier molecular flexibility index (Phi) is 6.95. The fourth-order valence-electron chi connectivity index (χ4n) is 3.66. The molecule has 2 N–H and O–H groups in total. The van der Waals surface area contributed by atoms with Crippen LogP contribution in [0.4, 0.5) is 0 Å². The van der Waals surface area contributed by atoms with Gasteiger partial charge in [0.1, 0.15) is 4.90 Å². The lowest BCUT2D eigenvalue weighted by molar-refractivity contribution is -0.146. The third-order valence-electron chi connectivity index (χ3n) is 5.05. The van der Waals surface area contributed by atoms with Gasteiger partial charge in [-0.15, -0.1) is 0 Å². The van der Waals surface area contributed by atoms with Crippen molar-refractivity contribution in [2.45, 2.75) is 48.5 Å². The number of benzene rings is 1. The average molecular weight is 433 g/mol. The molecule has 0 aromatic heterocycles. The van der Waals surface area contributed by atoms with E-state index in [1.165, 1.54) is 16.4 Å². The van der Waals surface area contributed by atoms with Crippen LogP contribution in [0.1, 0.15) is 19.3 Å². The van der Waals surface area contributed by atoms with Crippen LogP contribution in [0.25, 0.3) is 0 Å². The number of sulfonamides is 1. The molecule has 0 radical (unpaired) electrons. The first-order valence-electron chi connectivity index (χ1n) is 9.21. The van der Waals surface area contributed by atoms with Gasteiger partial charge >= 0.3 is 0 Å². The number of nitrogens with one attached hydrogen (secondary N) is 1. The number of carbonyl (C=O) groups excluding carboxylic acids is 1. The number of nitrogens with zero attached hydrogens (tertiary/aromatic N) is 1. The monoisotopic (exact) mass is 432 g/mol. The van der Waals surface area contributed by atoms with Gasteiger partial charge in [0.05, 0.1) is 49.0 Å². The van der Waals surface area contributed by atoms with E-state index in [1.807, 2.05) is 0 Å². The number of hydrogen-bond acceptors (Lipinski definition) is 6. The third kappa shape index (κ3) is 4.67. The third-order valence-corrected chi connectivity index (χ3v) is 7.44. The molecule has 2 heterocycles. The van der Waals surface area contributed by atoms with E-state index in [0.29, 0.717) is 12.8 Å². The fraction of sp³-hybridized carbons (Fsp3) is 0.611. The summed E-state index contributed by atoms with van der Waals surface area (Å²) in [7, 11) is -2.39. The highest BCUT2D eigenvalue weighted by molar-refractivity contribution is 7.89. The van der Waals surface area contributed by atoms with E-state index in [-0.39, 0.29) is 48.1 Å². The van der Waals surface area contributed by atoms with E-state index in [0.717, 1.165) is 0 Å². The van der Waals surface area contributed by atoms with Crippen LogP contribution in [-0.4, -0.2) is 74.9 Å². The van der Waals surface area contributed by atoms with Crippen LogP contribution < -0.4 is 5.32 Å². The summed E-state index contributed by atoms with van der Waals surface area (Å²) < 4.78 is 39.5. The summed E-state index contributed by atoms with van der Waals surface area (Å²) in [6, 6.07) is 5.72. The normalized spacial score (nSPS) is 29.4. The number of fused-ring (bicyclic) bond motifs is 1. The Bertz CT molecular complexity index is 805. The lowest BCUT2D eigenvalue weighted by atomic mass is 9.96. The van der Waals surface area contributed by atoms with Crippen molar-refractivity contribution < 1.29 is 27.8 Å². The SMILES string of the molecule is CNC(=O)C[C@@H]1CC[C@@H]2[C@H](COC[C@@H](O)CN2S(=O)(=O)c2ccccc2Cl)O1. The molecular formula is C18H25ClN2O6S. The first-order valence-corrected chi connectivity index (χ1v) is 11.0. The van der Waals surface area contributed by atoms with Gasteiger partial charge in [-0.25, -0.2) is 8.42 Å². The molecule has 2 aliphatic rings. The van der Waals surface area contributed by atoms with Crippen LogP contribution in [0.3, 0.4) is 0 Å². The molecule has 1 aromatic rings. The second kappa shape index (κ2) is 9.06. The summed E-state index contributed by atoms with van der Waals surface area (Å²) in [6.07, 6.45) is -0.570. The van der Waals surface area contributed by atoms with Crippen LogP contribution >= 0.6 is 11.6 Å². The number of rotatable bonds is 4. The van der Waals surface area contributed by atoms with Crippen LogP contribution in [-0.2, 0) is 24.3 Å². The predicted octanol–water partition coefficient (Wildman–Crippen LogP) is 0.774. The number of hydrogen-bond donors (Lipinski definition) is 2. The highest BCUT2D eigenvalue weighted by Crippen LogP contribution is 2.33. The quantitative estimate of drug-likeness (QED) is 0.728. The molecule has 156 valence electrons. The summed E-state index contributed by atoms with van der Waals surface area (Å²) in [5.74, 6) is -0.133. The maximum Gasteiger partial charge on any atom is 0.244 e. The molecule has 2 saturated heterocycles. The van der Waals surface area contributed by atoms with E-state index in [2.05, 4.69) is 5.32 Å². The van der Waals surface area contributed by atoms with Crippen molar-refractivity contribution in [2.24, 2.45) is 0 Å². The second-order valence-electron chi connectivity index (χ2n) is 7.01. The standard InChI is InChI=1S/C18H25ClN2O6S/c1-20-18(23)8-13-6-7-15-16(27-13)11-26-10-12(22)9-21(15)28(24,25)17-5-3-2-4-14(17)19/h2-5,12-13,15-16,22H,6-11H2,1H3,(H,20,23)/t12-,13-,15+,16-/m0/s1. The molecule has 28 heavy (non-hydrogen) atoms. The number of amides is 1. The summed E-state index contributed by atoms with van der Waals surface area (Å²) in [4.78, 5) is 11.7. The fourth-order valence-corrected chi connectivity index (χ4v) is 5.87. The van der Waals surface area contributed by atoms with Crippen LogP contribution in [0.5, 0.6) is 0 Å². The lowest BCUT2D eigenvalue weighted by Gasteiger charge is -2.43. The van der Waals surface area contributed by atoms with E-state index >= 15 is 0 Å². The Hall–Kier alpha value is -1.23. The first-order chi connectivity index (χ1) is 13.3. The lowest BCUT2D eigenvalue weighted by Crippen LogP contribution is -2.57. The Labute approximate surface area is 169 Å². The summed E-state index contributed by atoms with van der Waals surface area (Å²) in [6.45, 7) is 0.0277. The van der Waals surface area contributed by atoms with Gasteiger partial charge in [0, 0.05) is 13.6 Å². The number of aliphatic hydroxyl groups excluding tert-OH is 1. The Morgan fingerprint density at radius 2 is 2.07 bits per heavy atom. The van der Waals surface area contributed by atoms with E-state index in [4.69, 9.17) is 21.1 Å². The predicted molar refractivity (Wildman–Crippen MR) is 103 cm³/mol. The van der Waals surface area contributed by atoms with E-state index in [9.17, 15) is 18.3 Å².